The SMILES string of the molecule is O=C(Cn1c(Cl)cnc(NCC(F)(F)c2ccccc2)c1=O)NCc1cncc2c1NCCC2. The van der Waals surface area contributed by atoms with Crippen LogP contribution in [-0.2, 0) is 30.2 Å². The molecule has 8 nitrogen and oxygen atoms in total. The second-order valence-electron chi connectivity index (χ2n) is 7.88. The highest BCUT2D eigenvalue weighted by atomic mass is 35.5. The number of fused-ring (bicyclic) bond motifs is 1. The molecule has 34 heavy (non-hydrogen) atoms. The van der Waals surface area contributed by atoms with Gasteiger partial charge in [-0.2, -0.15) is 8.78 Å². The molecule has 3 heterocycles. The lowest BCUT2D eigenvalue weighted by Gasteiger charge is -2.21. The summed E-state index contributed by atoms with van der Waals surface area (Å²) in [7, 11) is 0. The van der Waals surface area contributed by atoms with Crippen LogP contribution in [0.5, 0.6) is 0 Å². The Labute approximate surface area is 199 Å². The van der Waals surface area contributed by atoms with Gasteiger partial charge in [0, 0.05) is 42.3 Å². The van der Waals surface area contributed by atoms with Crippen LogP contribution >= 0.6 is 11.6 Å². The Bertz CT molecular complexity index is 1240. The van der Waals surface area contributed by atoms with Crippen LogP contribution in [0.15, 0.2) is 53.7 Å². The molecule has 0 atom stereocenters. The first kappa shape index (κ1) is 23.6. The quantitative estimate of drug-likeness (QED) is 0.450. The summed E-state index contributed by atoms with van der Waals surface area (Å²) in [6.45, 7) is -0.168. The van der Waals surface area contributed by atoms with Crippen molar-refractivity contribution in [1.29, 1.82) is 0 Å². The number of anilines is 2. The highest BCUT2D eigenvalue weighted by Gasteiger charge is 2.31. The van der Waals surface area contributed by atoms with E-state index in [9.17, 15) is 18.4 Å². The molecule has 1 aliphatic heterocycles. The van der Waals surface area contributed by atoms with Gasteiger partial charge in [-0.05, 0) is 18.4 Å². The maximum atomic E-state index is 14.4. The maximum Gasteiger partial charge on any atom is 0.294 e. The lowest BCUT2D eigenvalue weighted by molar-refractivity contribution is -0.121. The molecule has 0 radical (unpaired) electrons. The van der Waals surface area contributed by atoms with Gasteiger partial charge in [-0.1, -0.05) is 41.9 Å². The third-order valence-corrected chi connectivity index (χ3v) is 5.79. The average molecular weight is 489 g/mol. The van der Waals surface area contributed by atoms with Crippen molar-refractivity contribution in [3.8, 4) is 0 Å². The Kier molecular flexibility index (Phi) is 7.06. The number of carbonyl (C=O) groups is 1. The molecule has 3 aromatic rings. The average Bonchev–Trinajstić information content (AvgIpc) is 2.85. The van der Waals surface area contributed by atoms with Crippen molar-refractivity contribution in [1.82, 2.24) is 19.9 Å². The summed E-state index contributed by atoms with van der Waals surface area (Å²) in [6, 6.07) is 7.25. The monoisotopic (exact) mass is 488 g/mol. The number of alkyl halides is 2. The first-order chi connectivity index (χ1) is 16.3. The zero-order valence-electron chi connectivity index (χ0n) is 18.2. The van der Waals surface area contributed by atoms with E-state index in [0.29, 0.717) is 0 Å². The van der Waals surface area contributed by atoms with Gasteiger partial charge in [-0.3, -0.25) is 19.1 Å². The Morgan fingerprint density at radius 1 is 1.21 bits per heavy atom. The minimum Gasteiger partial charge on any atom is -0.384 e. The topological polar surface area (TPSA) is 101 Å². The Hall–Kier alpha value is -3.53. The molecular weight excluding hydrogens is 466 g/mol. The second kappa shape index (κ2) is 10.2. The number of hydrogen-bond donors (Lipinski definition) is 3. The molecule has 0 fully saturated rings. The largest absolute Gasteiger partial charge is 0.384 e. The molecular formula is C23H23ClF2N6O2. The molecule has 1 aromatic carbocycles. The fraction of sp³-hybridized carbons (Fsp3) is 0.304. The summed E-state index contributed by atoms with van der Waals surface area (Å²) in [4.78, 5) is 33.3. The van der Waals surface area contributed by atoms with Gasteiger partial charge in [-0.25, -0.2) is 4.98 Å². The highest BCUT2D eigenvalue weighted by molar-refractivity contribution is 6.29. The summed E-state index contributed by atoms with van der Waals surface area (Å²) in [6.07, 6.45) is 6.55. The van der Waals surface area contributed by atoms with Crippen LogP contribution in [0.1, 0.15) is 23.1 Å². The van der Waals surface area contributed by atoms with Gasteiger partial charge in [0.15, 0.2) is 5.82 Å². The molecule has 1 amide bonds. The molecule has 0 spiro atoms. The van der Waals surface area contributed by atoms with Gasteiger partial charge in [0.1, 0.15) is 11.7 Å². The van der Waals surface area contributed by atoms with Crippen LogP contribution < -0.4 is 21.5 Å². The summed E-state index contributed by atoms with van der Waals surface area (Å²) < 4.78 is 29.9. The fourth-order valence-corrected chi connectivity index (χ4v) is 3.89. The van der Waals surface area contributed by atoms with E-state index < -0.39 is 23.9 Å². The van der Waals surface area contributed by atoms with Crippen molar-refractivity contribution in [3.05, 3.63) is 81.1 Å². The number of nitrogens with zero attached hydrogens (tertiary/aromatic N) is 3. The summed E-state index contributed by atoms with van der Waals surface area (Å²) in [5, 5.41) is 8.37. The predicted octanol–water partition coefficient (Wildman–Crippen LogP) is 3.17. The predicted molar refractivity (Wildman–Crippen MR) is 125 cm³/mol. The molecule has 0 aliphatic carbocycles. The highest BCUT2D eigenvalue weighted by Crippen LogP contribution is 2.27. The van der Waals surface area contributed by atoms with Crippen molar-refractivity contribution >= 4 is 29.0 Å². The van der Waals surface area contributed by atoms with Crippen LogP contribution in [-0.4, -0.2) is 33.5 Å². The molecule has 1 aliphatic rings. The Balaban J connectivity index is 1.42. The van der Waals surface area contributed by atoms with E-state index in [0.717, 1.165) is 47.0 Å². The van der Waals surface area contributed by atoms with Crippen LogP contribution in [0.2, 0.25) is 5.15 Å². The first-order valence-electron chi connectivity index (χ1n) is 10.7. The number of pyridine rings is 1. The lowest BCUT2D eigenvalue weighted by Crippen LogP contribution is -2.35. The zero-order chi connectivity index (χ0) is 24.1. The standard InChI is InChI=1S/C23H23ClF2N6O2/c24-18-12-30-21(31-14-23(25,26)17-6-2-1-3-7-17)22(34)32(18)13-19(33)29-11-16-10-27-9-15-5-4-8-28-20(15)16/h1-3,6-7,9-10,12,28H,4-5,8,11,13-14H2,(H,29,33)(H,30,31). The zero-order valence-corrected chi connectivity index (χ0v) is 18.9. The normalized spacial score (nSPS) is 13.0. The Morgan fingerprint density at radius 2 is 2.00 bits per heavy atom. The number of halogens is 3. The van der Waals surface area contributed by atoms with Crippen molar-refractivity contribution in [2.45, 2.75) is 31.9 Å². The lowest BCUT2D eigenvalue weighted by atomic mass is 10.0. The number of rotatable bonds is 8. The van der Waals surface area contributed by atoms with E-state index in [1.165, 1.54) is 24.3 Å². The Morgan fingerprint density at radius 3 is 2.79 bits per heavy atom. The number of hydrogen-bond acceptors (Lipinski definition) is 6. The number of carbonyl (C=O) groups excluding carboxylic acids is 1. The second-order valence-corrected chi connectivity index (χ2v) is 8.27. The van der Waals surface area contributed by atoms with Gasteiger partial charge < -0.3 is 16.0 Å². The number of amides is 1. The number of nitrogens with one attached hydrogen (secondary N) is 3. The smallest absolute Gasteiger partial charge is 0.294 e. The first-order valence-corrected chi connectivity index (χ1v) is 11.1. The van der Waals surface area contributed by atoms with Gasteiger partial charge in [-0.15, -0.1) is 0 Å². The van der Waals surface area contributed by atoms with Crippen molar-refractivity contribution in [3.63, 3.8) is 0 Å². The van der Waals surface area contributed by atoms with E-state index in [1.54, 1.807) is 18.5 Å². The summed E-state index contributed by atoms with van der Waals surface area (Å²) in [5.41, 5.74) is 1.93. The van der Waals surface area contributed by atoms with Gasteiger partial charge in [0.25, 0.3) is 11.5 Å². The van der Waals surface area contributed by atoms with E-state index in [-0.39, 0.29) is 29.6 Å². The molecule has 0 bridgehead atoms. The van der Waals surface area contributed by atoms with E-state index >= 15 is 0 Å². The minimum absolute atomic E-state index is 0.0825. The molecule has 0 saturated heterocycles. The summed E-state index contributed by atoms with van der Waals surface area (Å²) >= 11 is 6.07. The number of aromatic nitrogens is 3. The van der Waals surface area contributed by atoms with Crippen LogP contribution in [0.4, 0.5) is 20.3 Å². The molecule has 4 rings (SSSR count). The van der Waals surface area contributed by atoms with Gasteiger partial charge in [0.05, 0.1) is 12.7 Å². The number of aryl methyl sites for hydroxylation is 1. The number of benzene rings is 1. The molecule has 0 unspecified atom stereocenters. The molecule has 2 aromatic heterocycles. The van der Waals surface area contributed by atoms with Crippen LogP contribution in [0.3, 0.4) is 0 Å². The molecule has 11 heteroatoms. The fourth-order valence-electron chi connectivity index (χ4n) is 3.70. The summed E-state index contributed by atoms with van der Waals surface area (Å²) in [5.74, 6) is -4.02. The van der Waals surface area contributed by atoms with Crippen molar-refractivity contribution in [2.24, 2.45) is 0 Å². The van der Waals surface area contributed by atoms with E-state index in [4.69, 9.17) is 11.6 Å². The molecule has 3 N–H and O–H groups in total. The van der Waals surface area contributed by atoms with Gasteiger partial charge in [0.2, 0.25) is 5.91 Å². The molecule has 0 saturated carbocycles. The van der Waals surface area contributed by atoms with Gasteiger partial charge >= 0.3 is 0 Å². The molecule has 178 valence electrons. The van der Waals surface area contributed by atoms with Crippen LogP contribution in [0.25, 0.3) is 0 Å². The van der Waals surface area contributed by atoms with Crippen molar-refractivity contribution in [2.75, 3.05) is 23.7 Å². The van der Waals surface area contributed by atoms with E-state index in [1.807, 2.05) is 0 Å². The maximum absolute atomic E-state index is 14.4. The van der Waals surface area contributed by atoms with E-state index in [2.05, 4.69) is 25.9 Å². The van der Waals surface area contributed by atoms with Crippen LogP contribution in [0, 0.1) is 0 Å². The minimum atomic E-state index is -3.23. The third-order valence-electron chi connectivity index (χ3n) is 5.49. The van der Waals surface area contributed by atoms with Crippen molar-refractivity contribution < 1.29 is 13.6 Å². The third kappa shape index (κ3) is 5.33.